The highest BCUT2D eigenvalue weighted by Gasteiger charge is 2.20. The Hall–Kier alpha value is -1.62. The summed E-state index contributed by atoms with van der Waals surface area (Å²) in [4.78, 5) is 8.66. The summed E-state index contributed by atoms with van der Waals surface area (Å²) in [5.74, 6) is 1.65. The SMILES string of the molecule is CN=C(NCCCOCC1CC1)NCc1cccc(C)n1. The third kappa shape index (κ3) is 6.58. The molecule has 1 aromatic rings. The first-order valence-corrected chi connectivity index (χ1v) is 7.72. The molecule has 1 heterocycles. The average Bonchev–Trinajstić information content (AvgIpc) is 3.30. The lowest BCUT2D eigenvalue weighted by atomic mass is 10.3. The highest BCUT2D eigenvalue weighted by molar-refractivity contribution is 5.79. The van der Waals surface area contributed by atoms with Crippen LogP contribution in [0.15, 0.2) is 23.2 Å². The van der Waals surface area contributed by atoms with Gasteiger partial charge in [0.15, 0.2) is 5.96 Å². The third-order valence-corrected chi connectivity index (χ3v) is 3.41. The van der Waals surface area contributed by atoms with E-state index in [1.807, 2.05) is 25.1 Å². The predicted octanol–water partition coefficient (Wildman–Crippen LogP) is 1.87. The van der Waals surface area contributed by atoms with Crippen LogP contribution >= 0.6 is 0 Å². The van der Waals surface area contributed by atoms with Gasteiger partial charge in [0.2, 0.25) is 0 Å². The Morgan fingerprint density at radius 3 is 2.95 bits per heavy atom. The van der Waals surface area contributed by atoms with Gasteiger partial charge in [0.25, 0.3) is 0 Å². The van der Waals surface area contributed by atoms with E-state index in [1.165, 1.54) is 12.8 Å². The number of pyridine rings is 1. The molecule has 1 saturated carbocycles. The normalized spacial score (nSPS) is 15.0. The van der Waals surface area contributed by atoms with E-state index in [0.717, 1.165) is 49.4 Å². The molecule has 0 amide bonds. The van der Waals surface area contributed by atoms with Crippen molar-refractivity contribution in [3.05, 3.63) is 29.6 Å². The molecular formula is C16H26N4O. The van der Waals surface area contributed by atoms with Crippen LogP contribution < -0.4 is 10.6 Å². The molecule has 2 rings (SSSR count). The Balaban J connectivity index is 1.57. The number of aryl methyl sites for hydroxylation is 1. The molecule has 0 radical (unpaired) electrons. The fraction of sp³-hybridized carbons (Fsp3) is 0.625. The van der Waals surface area contributed by atoms with Crippen molar-refractivity contribution in [1.29, 1.82) is 0 Å². The van der Waals surface area contributed by atoms with Crippen molar-refractivity contribution in [1.82, 2.24) is 15.6 Å². The maximum Gasteiger partial charge on any atom is 0.191 e. The molecule has 1 fully saturated rings. The van der Waals surface area contributed by atoms with Crippen LogP contribution in [0.4, 0.5) is 0 Å². The molecule has 1 aliphatic carbocycles. The molecule has 0 unspecified atom stereocenters. The molecule has 0 bridgehead atoms. The summed E-state index contributed by atoms with van der Waals surface area (Å²) in [7, 11) is 1.78. The van der Waals surface area contributed by atoms with Crippen molar-refractivity contribution in [3.63, 3.8) is 0 Å². The Bertz CT molecular complexity index is 457. The van der Waals surface area contributed by atoms with E-state index in [4.69, 9.17) is 4.74 Å². The molecule has 21 heavy (non-hydrogen) atoms. The van der Waals surface area contributed by atoms with Crippen molar-refractivity contribution in [2.45, 2.75) is 32.7 Å². The Kier molecular flexibility index (Phi) is 6.47. The maximum absolute atomic E-state index is 5.61. The van der Waals surface area contributed by atoms with Gasteiger partial charge in [0, 0.05) is 32.5 Å². The van der Waals surface area contributed by atoms with Gasteiger partial charge < -0.3 is 15.4 Å². The van der Waals surface area contributed by atoms with Gasteiger partial charge in [-0.2, -0.15) is 0 Å². The summed E-state index contributed by atoms with van der Waals surface area (Å²) >= 11 is 0. The van der Waals surface area contributed by atoms with E-state index in [1.54, 1.807) is 7.05 Å². The summed E-state index contributed by atoms with van der Waals surface area (Å²) in [5, 5.41) is 6.56. The molecule has 2 N–H and O–H groups in total. The van der Waals surface area contributed by atoms with E-state index in [2.05, 4.69) is 20.6 Å². The van der Waals surface area contributed by atoms with E-state index in [0.29, 0.717) is 6.54 Å². The first-order valence-electron chi connectivity index (χ1n) is 7.72. The molecule has 0 atom stereocenters. The molecule has 1 aromatic heterocycles. The smallest absolute Gasteiger partial charge is 0.191 e. The van der Waals surface area contributed by atoms with Crippen LogP contribution in [-0.4, -0.2) is 37.7 Å². The van der Waals surface area contributed by atoms with E-state index in [9.17, 15) is 0 Å². The van der Waals surface area contributed by atoms with Crippen LogP contribution in [0.3, 0.4) is 0 Å². The Morgan fingerprint density at radius 1 is 1.38 bits per heavy atom. The number of aliphatic imine (C=N–C) groups is 1. The standard InChI is InChI=1S/C16H26N4O/c1-13-5-3-6-15(20-13)11-19-16(17-2)18-9-4-10-21-12-14-7-8-14/h3,5-6,14H,4,7-12H2,1-2H3,(H2,17,18,19). The van der Waals surface area contributed by atoms with Crippen molar-refractivity contribution >= 4 is 5.96 Å². The first-order chi connectivity index (χ1) is 10.3. The van der Waals surface area contributed by atoms with Gasteiger partial charge in [0.05, 0.1) is 12.2 Å². The van der Waals surface area contributed by atoms with Crippen LogP contribution in [0.25, 0.3) is 0 Å². The van der Waals surface area contributed by atoms with Crippen LogP contribution in [-0.2, 0) is 11.3 Å². The number of guanidine groups is 1. The van der Waals surface area contributed by atoms with E-state index < -0.39 is 0 Å². The van der Waals surface area contributed by atoms with Gasteiger partial charge >= 0.3 is 0 Å². The minimum atomic E-state index is 0.680. The fourth-order valence-electron chi connectivity index (χ4n) is 2.01. The summed E-state index contributed by atoms with van der Waals surface area (Å²) < 4.78 is 5.61. The summed E-state index contributed by atoms with van der Waals surface area (Å²) in [6.07, 6.45) is 3.69. The first kappa shape index (κ1) is 15.8. The van der Waals surface area contributed by atoms with Crippen LogP contribution in [0, 0.1) is 12.8 Å². The monoisotopic (exact) mass is 290 g/mol. The predicted molar refractivity (Wildman–Crippen MR) is 85.3 cm³/mol. The van der Waals surface area contributed by atoms with Crippen LogP contribution in [0.1, 0.15) is 30.7 Å². The number of ether oxygens (including phenoxy) is 1. The van der Waals surface area contributed by atoms with Gasteiger partial charge in [0.1, 0.15) is 0 Å². The lowest BCUT2D eigenvalue weighted by molar-refractivity contribution is 0.123. The maximum atomic E-state index is 5.61. The van der Waals surface area contributed by atoms with Gasteiger partial charge in [-0.15, -0.1) is 0 Å². The van der Waals surface area contributed by atoms with Crippen molar-refractivity contribution in [2.24, 2.45) is 10.9 Å². The van der Waals surface area contributed by atoms with Crippen LogP contribution in [0.2, 0.25) is 0 Å². The number of aromatic nitrogens is 1. The number of nitrogens with one attached hydrogen (secondary N) is 2. The number of hydrogen-bond acceptors (Lipinski definition) is 3. The molecule has 116 valence electrons. The van der Waals surface area contributed by atoms with Crippen molar-refractivity contribution in [3.8, 4) is 0 Å². The lowest BCUT2D eigenvalue weighted by Crippen LogP contribution is -2.37. The second-order valence-corrected chi connectivity index (χ2v) is 5.49. The molecular weight excluding hydrogens is 264 g/mol. The number of hydrogen-bond donors (Lipinski definition) is 2. The van der Waals surface area contributed by atoms with Gasteiger partial charge in [-0.25, -0.2) is 0 Å². The highest BCUT2D eigenvalue weighted by Crippen LogP contribution is 2.28. The summed E-state index contributed by atoms with van der Waals surface area (Å²) in [6, 6.07) is 6.03. The summed E-state index contributed by atoms with van der Waals surface area (Å²) in [5.41, 5.74) is 2.05. The van der Waals surface area contributed by atoms with E-state index in [-0.39, 0.29) is 0 Å². The second-order valence-electron chi connectivity index (χ2n) is 5.49. The quantitative estimate of drug-likeness (QED) is 0.436. The van der Waals surface area contributed by atoms with Gasteiger partial charge in [-0.1, -0.05) is 6.07 Å². The summed E-state index contributed by atoms with van der Waals surface area (Å²) in [6.45, 7) is 5.30. The zero-order valence-electron chi connectivity index (χ0n) is 13.1. The minimum Gasteiger partial charge on any atom is -0.381 e. The Labute approximate surface area is 127 Å². The van der Waals surface area contributed by atoms with Gasteiger partial charge in [-0.3, -0.25) is 9.98 Å². The molecule has 5 heteroatoms. The zero-order chi connectivity index (χ0) is 14.9. The third-order valence-electron chi connectivity index (χ3n) is 3.41. The lowest BCUT2D eigenvalue weighted by Gasteiger charge is -2.12. The van der Waals surface area contributed by atoms with Crippen molar-refractivity contribution in [2.75, 3.05) is 26.8 Å². The highest BCUT2D eigenvalue weighted by atomic mass is 16.5. The number of rotatable bonds is 8. The van der Waals surface area contributed by atoms with Gasteiger partial charge in [-0.05, 0) is 44.2 Å². The molecule has 0 spiro atoms. The topological polar surface area (TPSA) is 58.5 Å². The second kappa shape index (κ2) is 8.62. The molecule has 0 aromatic carbocycles. The molecule has 1 aliphatic rings. The number of nitrogens with zero attached hydrogens (tertiary/aromatic N) is 2. The van der Waals surface area contributed by atoms with E-state index >= 15 is 0 Å². The molecule has 0 aliphatic heterocycles. The minimum absolute atomic E-state index is 0.680. The van der Waals surface area contributed by atoms with Crippen molar-refractivity contribution < 1.29 is 4.74 Å². The molecule has 0 saturated heterocycles. The molecule has 5 nitrogen and oxygen atoms in total. The van der Waals surface area contributed by atoms with Crippen LogP contribution in [0.5, 0.6) is 0 Å². The fourth-order valence-corrected chi connectivity index (χ4v) is 2.01. The largest absolute Gasteiger partial charge is 0.381 e. The average molecular weight is 290 g/mol. The Morgan fingerprint density at radius 2 is 2.24 bits per heavy atom. The zero-order valence-corrected chi connectivity index (χ0v) is 13.1.